The average molecular weight is 370 g/mol. The highest BCUT2D eigenvalue weighted by Gasteiger charge is 2.12. The predicted molar refractivity (Wildman–Crippen MR) is 82.2 cm³/mol. The molecule has 5 heteroatoms. The van der Waals surface area contributed by atoms with E-state index in [-0.39, 0.29) is 0 Å². The molecule has 1 atom stereocenters. The van der Waals surface area contributed by atoms with Gasteiger partial charge in [-0.1, -0.05) is 18.2 Å². The zero-order valence-corrected chi connectivity index (χ0v) is 12.7. The third-order valence-corrected chi connectivity index (χ3v) is 3.58. The van der Waals surface area contributed by atoms with Crippen LogP contribution in [0, 0.1) is 3.57 Å². The topological polar surface area (TPSA) is 47.3 Å². The van der Waals surface area contributed by atoms with Crippen LogP contribution in [-0.2, 0) is 6.54 Å². The average Bonchev–Trinajstić information content (AvgIpc) is 2.79. The SMILES string of the molecule is C=CC(O)c1nn(Cc2ccc(OC)cc2)cc1I. The van der Waals surface area contributed by atoms with Crippen molar-refractivity contribution in [2.75, 3.05) is 7.11 Å². The first-order valence-corrected chi connectivity index (χ1v) is 6.88. The van der Waals surface area contributed by atoms with E-state index in [2.05, 4.69) is 34.3 Å². The minimum atomic E-state index is -0.719. The first-order chi connectivity index (χ1) is 9.13. The molecule has 0 amide bonds. The number of aliphatic hydroxyl groups is 1. The number of halogens is 1. The lowest BCUT2D eigenvalue weighted by atomic mass is 10.2. The molecule has 0 saturated carbocycles. The molecule has 2 aromatic rings. The highest BCUT2D eigenvalue weighted by Crippen LogP contribution is 2.20. The highest BCUT2D eigenvalue weighted by molar-refractivity contribution is 14.1. The molecule has 2 rings (SSSR count). The molecule has 1 N–H and O–H groups in total. The number of benzene rings is 1. The summed E-state index contributed by atoms with van der Waals surface area (Å²) in [4.78, 5) is 0. The fraction of sp³-hybridized carbons (Fsp3) is 0.214. The third-order valence-electron chi connectivity index (χ3n) is 2.75. The Hall–Kier alpha value is -1.34. The van der Waals surface area contributed by atoms with Crippen LogP contribution in [0.25, 0.3) is 0 Å². The van der Waals surface area contributed by atoms with E-state index in [0.717, 1.165) is 14.9 Å². The van der Waals surface area contributed by atoms with Gasteiger partial charge in [0.2, 0.25) is 0 Å². The number of aromatic nitrogens is 2. The van der Waals surface area contributed by atoms with Crippen LogP contribution in [0.4, 0.5) is 0 Å². The van der Waals surface area contributed by atoms with Gasteiger partial charge in [0.1, 0.15) is 17.5 Å². The number of ether oxygens (including phenoxy) is 1. The maximum atomic E-state index is 9.74. The fourth-order valence-electron chi connectivity index (χ4n) is 1.72. The van der Waals surface area contributed by atoms with E-state index in [1.165, 1.54) is 6.08 Å². The van der Waals surface area contributed by atoms with Crippen molar-refractivity contribution in [3.05, 3.63) is 57.9 Å². The van der Waals surface area contributed by atoms with Crippen molar-refractivity contribution in [2.24, 2.45) is 0 Å². The number of aliphatic hydroxyl groups excluding tert-OH is 1. The summed E-state index contributed by atoms with van der Waals surface area (Å²) < 4.78 is 7.86. The van der Waals surface area contributed by atoms with Crippen molar-refractivity contribution in [1.29, 1.82) is 0 Å². The normalized spacial score (nSPS) is 12.2. The lowest BCUT2D eigenvalue weighted by Gasteiger charge is -2.04. The van der Waals surface area contributed by atoms with E-state index in [0.29, 0.717) is 12.2 Å². The summed E-state index contributed by atoms with van der Waals surface area (Å²) in [6.07, 6.45) is 2.67. The van der Waals surface area contributed by atoms with Crippen LogP contribution in [0.1, 0.15) is 17.4 Å². The molecule has 1 aromatic heterocycles. The Balaban J connectivity index is 2.16. The Bertz CT molecular complexity index is 563. The second-order valence-electron chi connectivity index (χ2n) is 4.09. The van der Waals surface area contributed by atoms with Crippen LogP contribution in [-0.4, -0.2) is 22.0 Å². The van der Waals surface area contributed by atoms with E-state index in [1.54, 1.807) is 7.11 Å². The highest BCUT2D eigenvalue weighted by atomic mass is 127. The quantitative estimate of drug-likeness (QED) is 0.651. The van der Waals surface area contributed by atoms with Crippen molar-refractivity contribution in [3.63, 3.8) is 0 Å². The summed E-state index contributed by atoms with van der Waals surface area (Å²) in [6.45, 7) is 4.23. The summed E-state index contributed by atoms with van der Waals surface area (Å²) in [5, 5.41) is 14.1. The molecule has 0 spiro atoms. The van der Waals surface area contributed by atoms with Crippen LogP contribution in [0.3, 0.4) is 0 Å². The third kappa shape index (κ3) is 3.36. The molecule has 19 heavy (non-hydrogen) atoms. The summed E-state index contributed by atoms with van der Waals surface area (Å²) in [5.74, 6) is 0.835. The Labute approximate surface area is 125 Å². The lowest BCUT2D eigenvalue weighted by molar-refractivity contribution is 0.222. The molecular formula is C14H15IN2O2. The monoisotopic (exact) mass is 370 g/mol. The van der Waals surface area contributed by atoms with Crippen LogP contribution < -0.4 is 4.74 Å². The van der Waals surface area contributed by atoms with Crippen molar-refractivity contribution in [3.8, 4) is 5.75 Å². The largest absolute Gasteiger partial charge is 0.497 e. The standard InChI is InChI=1S/C14H15IN2O2/c1-3-13(18)14-12(15)9-17(16-14)8-10-4-6-11(19-2)7-5-10/h3-7,9,13,18H,1,8H2,2H3. The molecule has 0 aliphatic carbocycles. The smallest absolute Gasteiger partial charge is 0.118 e. The van der Waals surface area contributed by atoms with E-state index in [1.807, 2.05) is 35.1 Å². The van der Waals surface area contributed by atoms with Crippen LogP contribution in [0.5, 0.6) is 5.75 Å². The molecule has 1 unspecified atom stereocenters. The van der Waals surface area contributed by atoms with E-state index >= 15 is 0 Å². The van der Waals surface area contributed by atoms with Gasteiger partial charge in [0.05, 0.1) is 17.2 Å². The zero-order chi connectivity index (χ0) is 13.8. The van der Waals surface area contributed by atoms with Gasteiger partial charge in [-0.3, -0.25) is 4.68 Å². The molecule has 0 bridgehead atoms. The summed E-state index contributed by atoms with van der Waals surface area (Å²) in [6, 6.07) is 7.83. The van der Waals surface area contributed by atoms with Gasteiger partial charge in [0.25, 0.3) is 0 Å². The number of hydrogen-bond acceptors (Lipinski definition) is 3. The molecule has 0 saturated heterocycles. The van der Waals surface area contributed by atoms with E-state index in [9.17, 15) is 5.11 Å². The second kappa shape index (κ2) is 6.21. The predicted octanol–water partition coefficient (Wildman–Crippen LogP) is 2.76. The molecule has 100 valence electrons. The minimum absolute atomic E-state index is 0.643. The van der Waals surface area contributed by atoms with Crippen molar-refractivity contribution < 1.29 is 9.84 Å². The van der Waals surface area contributed by atoms with Gasteiger partial charge in [0.15, 0.2) is 0 Å². The van der Waals surface area contributed by atoms with E-state index in [4.69, 9.17) is 4.74 Å². The number of rotatable bonds is 5. The molecule has 4 nitrogen and oxygen atoms in total. The maximum absolute atomic E-state index is 9.74. The Morgan fingerprint density at radius 2 is 2.16 bits per heavy atom. The van der Waals surface area contributed by atoms with Gasteiger partial charge in [-0.05, 0) is 40.3 Å². The first-order valence-electron chi connectivity index (χ1n) is 5.80. The van der Waals surface area contributed by atoms with Gasteiger partial charge < -0.3 is 9.84 Å². The molecular weight excluding hydrogens is 355 g/mol. The molecule has 0 fully saturated rings. The van der Waals surface area contributed by atoms with Crippen LogP contribution >= 0.6 is 22.6 Å². The Morgan fingerprint density at radius 1 is 1.47 bits per heavy atom. The molecule has 1 aromatic carbocycles. The Morgan fingerprint density at radius 3 is 2.74 bits per heavy atom. The summed E-state index contributed by atoms with van der Waals surface area (Å²) in [7, 11) is 1.65. The fourth-order valence-corrected chi connectivity index (χ4v) is 2.47. The molecule has 0 aliphatic heterocycles. The number of nitrogens with zero attached hydrogens (tertiary/aromatic N) is 2. The van der Waals surface area contributed by atoms with Crippen molar-refractivity contribution in [2.45, 2.75) is 12.6 Å². The van der Waals surface area contributed by atoms with Crippen molar-refractivity contribution in [1.82, 2.24) is 9.78 Å². The number of methoxy groups -OCH3 is 1. The van der Waals surface area contributed by atoms with E-state index < -0.39 is 6.10 Å². The van der Waals surface area contributed by atoms with Gasteiger partial charge >= 0.3 is 0 Å². The van der Waals surface area contributed by atoms with Crippen LogP contribution in [0.2, 0.25) is 0 Å². The van der Waals surface area contributed by atoms with Gasteiger partial charge in [-0.15, -0.1) is 6.58 Å². The maximum Gasteiger partial charge on any atom is 0.118 e. The van der Waals surface area contributed by atoms with Crippen molar-refractivity contribution >= 4 is 22.6 Å². The molecule has 0 aliphatic rings. The first kappa shape index (κ1) is 14.1. The molecule has 1 heterocycles. The summed E-state index contributed by atoms with van der Waals surface area (Å²) in [5.41, 5.74) is 1.77. The zero-order valence-electron chi connectivity index (χ0n) is 10.6. The minimum Gasteiger partial charge on any atom is -0.497 e. The number of hydrogen-bond donors (Lipinski definition) is 1. The van der Waals surface area contributed by atoms with Gasteiger partial charge in [-0.25, -0.2) is 0 Å². The van der Waals surface area contributed by atoms with Gasteiger partial charge in [0, 0.05) is 6.20 Å². The Kier molecular flexibility index (Phi) is 4.60. The van der Waals surface area contributed by atoms with Gasteiger partial charge in [-0.2, -0.15) is 5.10 Å². The lowest BCUT2D eigenvalue weighted by Crippen LogP contribution is -2.02. The summed E-state index contributed by atoms with van der Waals surface area (Å²) >= 11 is 2.16. The second-order valence-corrected chi connectivity index (χ2v) is 5.25. The van der Waals surface area contributed by atoms with Crippen LogP contribution in [0.15, 0.2) is 43.1 Å². The molecule has 0 radical (unpaired) electrons.